The number of benzene rings is 1. The van der Waals surface area contributed by atoms with Gasteiger partial charge in [-0.3, -0.25) is 9.69 Å². The van der Waals surface area contributed by atoms with E-state index in [2.05, 4.69) is 0 Å². The smallest absolute Gasteiger partial charge is 0.262 e. The van der Waals surface area contributed by atoms with E-state index >= 15 is 0 Å². The summed E-state index contributed by atoms with van der Waals surface area (Å²) >= 11 is 0. The first-order valence-corrected chi connectivity index (χ1v) is 7.96. The lowest BCUT2D eigenvalue weighted by Gasteiger charge is -2.45. The van der Waals surface area contributed by atoms with E-state index in [0.717, 1.165) is 11.1 Å². The summed E-state index contributed by atoms with van der Waals surface area (Å²) in [5, 5.41) is 9.28. The second-order valence-electron chi connectivity index (χ2n) is 6.62. The van der Waals surface area contributed by atoms with Gasteiger partial charge in [0.25, 0.3) is 5.92 Å². The molecule has 23 heavy (non-hydrogen) atoms. The Labute approximate surface area is 134 Å². The number of carbonyl (C=O) groups is 1. The van der Waals surface area contributed by atoms with Crippen molar-refractivity contribution < 1.29 is 18.7 Å². The first kappa shape index (κ1) is 16.3. The van der Waals surface area contributed by atoms with Crippen molar-refractivity contribution in [3.63, 3.8) is 0 Å². The monoisotopic (exact) mass is 324 g/mol. The Kier molecular flexibility index (Phi) is 4.38. The topological polar surface area (TPSA) is 43.8 Å². The standard InChI is InChI=1S/C17H22F2N2O2/c1-12-4-2-3-5-13(12)6-16(23)20-8-15(9-20)21-11-17(18,19)7-14(21)10-22/h2-5,14-15,22H,6-11H2,1H3/t14-/m0/s1. The summed E-state index contributed by atoms with van der Waals surface area (Å²) in [5.41, 5.74) is 2.08. The van der Waals surface area contributed by atoms with E-state index < -0.39 is 12.0 Å². The van der Waals surface area contributed by atoms with Crippen LogP contribution in [0.5, 0.6) is 0 Å². The fourth-order valence-corrected chi connectivity index (χ4v) is 3.47. The van der Waals surface area contributed by atoms with Crippen LogP contribution in [0.4, 0.5) is 8.78 Å². The predicted octanol–water partition coefficient (Wildman–Crippen LogP) is 1.45. The van der Waals surface area contributed by atoms with Gasteiger partial charge in [0, 0.05) is 31.6 Å². The van der Waals surface area contributed by atoms with Crippen LogP contribution in [0.1, 0.15) is 17.5 Å². The van der Waals surface area contributed by atoms with Crippen LogP contribution in [0.3, 0.4) is 0 Å². The molecule has 0 spiro atoms. The highest BCUT2D eigenvalue weighted by Gasteiger charge is 2.49. The van der Waals surface area contributed by atoms with Gasteiger partial charge in [-0.25, -0.2) is 8.78 Å². The number of carbonyl (C=O) groups excluding carboxylic acids is 1. The maximum Gasteiger partial charge on any atom is 0.262 e. The maximum atomic E-state index is 13.5. The van der Waals surface area contributed by atoms with Gasteiger partial charge < -0.3 is 10.0 Å². The number of aliphatic hydroxyl groups is 1. The van der Waals surface area contributed by atoms with E-state index in [1.165, 1.54) is 0 Å². The minimum absolute atomic E-state index is 0.0297. The zero-order valence-corrected chi connectivity index (χ0v) is 13.2. The van der Waals surface area contributed by atoms with E-state index in [9.17, 15) is 18.7 Å². The quantitative estimate of drug-likeness (QED) is 0.912. The van der Waals surface area contributed by atoms with Crippen molar-refractivity contribution in [3.05, 3.63) is 35.4 Å². The van der Waals surface area contributed by atoms with Crippen molar-refractivity contribution in [2.24, 2.45) is 0 Å². The summed E-state index contributed by atoms with van der Waals surface area (Å²) in [4.78, 5) is 15.7. The van der Waals surface area contributed by atoms with Gasteiger partial charge in [0.1, 0.15) is 0 Å². The molecule has 0 saturated carbocycles. The largest absolute Gasteiger partial charge is 0.395 e. The number of alkyl halides is 2. The summed E-state index contributed by atoms with van der Waals surface area (Å²) < 4.78 is 27.0. The number of nitrogens with zero attached hydrogens (tertiary/aromatic N) is 2. The number of aryl methyl sites for hydroxylation is 1. The van der Waals surface area contributed by atoms with Gasteiger partial charge in [0.05, 0.1) is 19.6 Å². The Morgan fingerprint density at radius 3 is 2.70 bits per heavy atom. The highest BCUT2D eigenvalue weighted by atomic mass is 19.3. The first-order chi connectivity index (χ1) is 10.9. The van der Waals surface area contributed by atoms with E-state index in [1.807, 2.05) is 31.2 Å². The average molecular weight is 324 g/mol. The summed E-state index contributed by atoms with van der Waals surface area (Å²) in [5.74, 6) is -2.71. The number of hydrogen-bond donors (Lipinski definition) is 1. The molecule has 2 fully saturated rings. The van der Waals surface area contributed by atoms with Crippen molar-refractivity contribution in [2.75, 3.05) is 26.2 Å². The highest BCUT2D eigenvalue weighted by Crippen LogP contribution is 2.35. The van der Waals surface area contributed by atoms with E-state index in [-0.39, 0.29) is 31.5 Å². The predicted molar refractivity (Wildman–Crippen MR) is 82.4 cm³/mol. The minimum atomic E-state index is -2.74. The molecule has 2 saturated heterocycles. The van der Waals surface area contributed by atoms with Crippen LogP contribution >= 0.6 is 0 Å². The molecule has 1 aromatic rings. The molecule has 0 aromatic heterocycles. The molecule has 0 unspecified atom stereocenters. The molecule has 4 nitrogen and oxygen atoms in total. The lowest BCUT2D eigenvalue weighted by atomic mass is 10.0. The molecule has 1 amide bonds. The zero-order chi connectivity index (χ0) is 16.6. The Morgan fingerprint density at radius 2 is 2.04 bits per heavy atom. The van der Waals surface area contributed by atoms with Crippen LogP contribution in [0, 0.1) is 6.92 Å². The molecule has 0 radical (unpaired) electrons. The Bertz CT molecular complexity index is 588. The van der Waals surface area contributed by atoms with Gasteiger partial charge in [-0.1, -0.05) is 24.3 Å². The Morgan fingerprint density at radius 1 is 1.35 bits per heavy atom. The molecule has 1 aromatic carbocycles. The molecule has 2 aliphatic heterocycles. The van der Waals surface area contributed by atoms with E-state index in [4.69, 9.17) is 0 Å². The summed E-state index contributed by atoms with van der Waals surface area (Å²) in [7, 11) is 0. The lowest BCUT2D eigenvalue weighted by molar-refractivity contribution is -0.138. The second kappa shape index (κ2) is 6.17. The maximum absolute atomic E-state index is 13.5. The van der Waals surface area contributed by atoms with Crippen LogP contribution in [0.2, 0.25) is 0 Å². The van der Waals surface area contributed by atoms with Gasteiger partial charge in [-0.05, 0) is 18.1 Å². The molecular formula is C17H22F2N2O2. The van der Waals surface area contributed by atoms with Crippen molar-refractivity contribution in [2.45, 2.75) is 37.8 Å². The Balaban J connectivity index is 1.55. The van der Waals surface area contributed by atoms with Gasteiger partial charge in [0.2, 0.25) is 5.91 Å². The van der Waals surface area contributed by atoms with Gasteiger partial charge in [-0.2, -0.15) is 0 Å². The van der Waals surface area contributed by atoms with Crippen LogP contribution in [-0.2, 0) is 11.2 Å². The fourth-order valence-electron chi connectivity index (χ4n) is 3.47. The summed E-state index contributed by atoms with van der Waals surface area (Å²) in [6, 6.07) is 7.19. The van der Waals surface area contributed by atoms with E-state index in [1.54, 1.807) is 9.80 Å². The van der Waals surface area contributed by atoms with Crippen LogP contribution < -0.4 is 0 Å². The normalized spacial score (nSPS) is 24.7. The molecule has 0 bridgehead atoms. The molecule has 2 aliphatic rings. The highest BCUT2D eigenvalue weighted by molar-refractivity contribution is 5.80. The fraction of sp³-hybridized carbons (Fsp3) is 0.588. The molecule has 1 atom stereocenters. The third-order valence-corrected chi connectivity index (χ3v) is 4.91. The van der Waals surface area contributed by atoms with Crippen molar-refractivity contribution in [1.29, 1.82) is 0 Å². The molecule has 2 heterocycles. The number of likely N-dealkylation sites (tertiary alicyclic amines) is 2. The number of amides is 1. The zero-order valence-electron chi connectivity index (χ0n) is 13.2. The Hall–Kier alpha value is -1.53. The number of halogens is 2. The molecule has 1 N–H and O–H groups in total. The first-order valence-electron chi connectivity index (χ1n) is 7.96. The van der Waals surface area contributed by atoms with Crippen LogP contribution in [0.15, 0.2) is 24.3 Å². The molecule has 3 rings (SSSR count). The molecular weight excluding hydrogens is 302 g/mol. The number of rotatable bonds is 4. The minimum Gasteiger partial charge on any atom is -0.395 e. The second-order valence-corrected chi connectivity index (χ2v) is 6.62. The third kappa shape index (κ3) is 3.38. The number of hydrogen-bond acceptors (Lipinski definition) is 3. The van der Waals surface area contributed by atoms with Crippen LogP contribution in [-0.4, -0.2) is 65.1 Å². The van der Waals surface area contributed by atoms with Gasteiger partial charge in [0.15, 0.2) is 0 Å². The third-order valence-electron chi connectivity index (χ3n) is 4.91. The van der Waals surface area contributed by atoms with E-state index in [0.29, 0.717) is 19.5 Å². The van der Waals surface area contributed by atoms with Crippen molar-refractivity contribution in [1.82, 2.24) is 9.80 Å². The SMILES string of the molecule is Cc1ccccc1CC(=O)N1CC(N2CC(F)(F)C[C@H]2CO)C1. The van der Waals surface area contributed by atoms with Crippen molar-refractivity contribution in [3.8, 4) is 0 Å². The molecule has 126 valence electrons. The average Bonchev–Trinajstić information content (AvgIpc) is 2.75. The lowest BCUT2D eigenvalue weighted by Crippen LogP contribution is -2.62. The van der Waals surface area contributed by atoms with Gasteiger partial charge in [-0.15, -0.1) is 0 Å². The van der Waals surface area contributed by atoms with Crippen LogP contribution in [0.25, 0.3) is 0 Å². The number of aliphatic hydroxyl groups excluding tert-OH is 1. The summed E-state index contributed by atoms with van der Waals surface area (Å²) in [6.07, 6.45) is 0.0517. The summed E-state index contributed by atoms with van der Waals surface area (Å²) in [6.45, 7) is 2.33. The molecule has 0 aliphatic carbocycles. The van der Waals surface area contributed by atoms with Crippen molar-refractivity contribution >= 4 is 5.91 Å². The van der Waals surface area contributed by atoms with Gasteiger partial charge >= 0.3 is 0 Å². The molecule has 6 heteroatoms.